The Morgan fingerprint density at radius 2 is 2.22 bits per heavy atom. The molecule has 0 radical (unpaired) electrons. The first-order valence-corrected chi connectivity index (χ1v) is 7.68. The lowest BCUT2D eigenvalue weighted by Gasteiger charge is -2.00. The Hall–Kier alpha value is -2.72. The molecule has 0 amide bonds. The van der Waals surface area contributed by atoms with Gasteiger partial charge in [-0.15, -0.1) is 11.3 Å². The molecule has 0 N–H and O–H groups in total. The summed E-state index contributed by atoms with van der Waals surface area (Å²) in [5, 5.41) is 1.57. The standard InChI is InChI=1S/C19H12N2OS/c1-11-21-16-10-17-14(9-18(16)23-11)12-5-4-6-13(19(12)22-17)15-7-2-3-8-20-15/h2-10H,1H3/i1D3,2D,3D,7D,8D. The van der Waals surface area contributed by atoms with Crippen molar-refractivity contribution in [3.8, 4) is 11.3 Å². The zero-order chi connectivity index (χ0) is 21.4. The van der Waals surface area contributed by atoms with E-state index in [-0.39, 0.29) is 29.0 Å². The third-order valence-corrected chi connectivity index (χ3v) is 4.56. The van der Waals surface area contributed by atoms with Crippen LogP contribution in [0.5, 0.6) is 0 Å². The molecule has 0 aliphatic carbocycles. The van der Waals surface area contributed by atoms with Crippen LogP contribution in [0.2, 0.25) is 0 Å². The van der Waals surface area contributed by atoms with E-state index in [0.717, 1.165) is 26.8 Å². The number of benzene rings is 2. The number of thiazole rings is 1. The summed E-state index contributed by atoms with van der Waals surface area (Å²) in [5.74, 6) is 0. The lowest BCUT2D eigenvalue weighted by Crippen LogP contribution is -1.81. The average Bonchev–Trinajstić information content (AvgIpc) is 3.28. The van der Waals surface area contributed by atoms with Gasteiger partial charge in [0.05, 0.1) is 26.4 Å². The Kier molecular flexibility index (Phi) is 1.55. The number of aryl methyl sites for hydroxylation is 1. The van der Waals surface area contributed by atoms with Gasteiger partial charge in [-0.05, 0) is 31.1 Å². The molecule has 0 spiro atoms. The Morgan fingerprint density at radius 3 is 3.17 bits per heavy atom. The minimum Gasteiger partial charge on any atom is -0.455 e. The van der Waals surface area contributed by atoms with Crippen molar-refractivity contribution in [1.29, 1.82) is 0 Å². The molecule has 0 saturated heterocycles. The number of hydrogen-bond donors (Lipinski definition) is 0. The number of nitrogens with zero attached hydrogens (tertiary/aromatic N) is 2. The predicted octanol–water partition coefficient (Wildman–Crippen LogP) is 5.57. The molecular weight excluding hydrogens is 304 g/mol. The van der Waals surface area contributed by atoms with Gasteiger partial charge in [0.25, 0.3) is 0 Å². The van der Waals surface area contributed by atoms with E-state index in [1.54, 1.807) is 18.2 Å². The monoisotopic (exact) mass is 323 g/mol. The molecule has 3 aromatic heterocycles. The third kappa shape index (κ3) is 1.88. The number of rotatable bonds is 1. The number of pyridine rings is 1. The van der Waals surface area contributed by atoms with Crippen LogP contribution in [0.15, 0.2) is 59.0 Å². The number of furan rings is 1. The van der Waals surface area contributed by atoms with Crippen LogP contribution >= 0.6 is 11.3 Å². The molecule has 3 heterocycles. The highest BCUT2D eigenvalue weighted by molar-refractivity contribution is 7.18. The average molecular weight is 323 g/mol. The fraction of sp³-hybridized carbons (Fsp3) is 0.0526. The highest BCUT2D eigenvalue weighted by atomic mass is 32.1. The van der Waals surface area contributed by atoms with Gasteiger partial charge in [0, 0.05) is 32.7 Å². The van der Waals surface area contributed by atoms with Crippen molar-refractivity contribution >= 4 is 43.5 Å². The molecule has 5 aromatic rings. The molecule has 4 heteroatoms. The zero-order valence-corrected chi connectivity index (χ0v) is 12.4. The van der Waals surface area contributed by atoms with Gasteiger partial charge in [-0.1, -0.05) is 18.2 Å². The van der Waals surface area contributed by atoms with E-state index < -0.39 is 12.9 Å². The normalized spacial score (nSPS) is 16.6. The summed E-state index contributed by atoms with van der Waals surface area (Å²) in [5.41, 5.74) is 2.04. The molecule has 0 saturated carbocycles. The van der Waals surface area contributed by atoms with Gasteiger partial charge in [-0.25, -0.2) is 4.98 Å². The number of hydrogen-bond acceptors (Lipinski definition) is 4. The van der Waals surface area contributed by atoms with Crippen LogP contribution in [-0.2, 0) is 0 Å². The minimum atomic E-state index is -2.28. The third-order valence-electron chi connectivity index (χ3n) is 3.73. The number of fused-ring (bicyclic) bond motifs is 4. The fourth-order valence-corrected chi connectivity index (χ4v) is 3.50. The summed E-state index contributed by atoms with van der Waals surface area (Å²) in [6.07, 6.45) is -0.374. The smallest absolute Gasteiger partial charge is 0.144 e. The van der Waals surface area contributed by atoms with Gasteiger partial charge in [0.15, 0.2) is 0 Å². The topological polar surface area (TPSA) is 38.9 Å². The maximum Gasteiger partial charge on any atom is 0.144 e. The van der Waals surface area contributed by atoms with Crippen LogP contribution in [-0.4, -0.2) is 9.97 Å². The molecule has 2 aromatic carbocycles. The van der Waals surface area contributed by atoms with Crippen LogP contribution in [0, 0.1) is 6.85 Å². The van der Waals surface area contributed by atoms with Crippen molar-refractivity contribution in [1.82, 2.24) is 9.97 Å². The van der Waals surface area contributed by atoms with Crippen LogP contribution in [0.4, 0.5) is 0 Å². The Bertz CT molecular complexity index is 1490. The summed E-state index contributed by atoms with van der Waals surface area (Å²) in [6, 6.07) is 7.83. The maximum atomic E-state index is 8.20. The summed E-state index contributed by atoms with van der Waals surface area (Å²) in [7, 11) is 0. The number of para-hydroxylation sites is 1. The molecule has 0 aliphatic rings. The SMILES string of the molecule is [2H]c1nc(-c2cccc3c2oc2cc4nc(C([2H])([2H])[2H])sc4cc23)c([2H])c([2H])c1[2H]. The van der Waals surface area contributed by atoms with Gasteiger partial charge < -0.3 is 4.42 Å². The summed E-state index contributed by atoms with van der Waals surface area (Å²) in [6.45, 7) is -2.28. The summed E-state index contributed by atoms with van der Waals surface area (Å²) < 4.78 is 61.1. The molecule has 110 valence electrons. The van der Waals surface area contributed by atoms with E-state index in [0.29, 0.717) is 22.2 Å². The first kappa shape index (κ1) is 7.70. The van der Waals surface area contributed by atoms with Gasteiger partial charge in [0.2, 0.25) is 0 Å². The van der Waals surface area contributed by atoms with E-state index in [1.807, 2.05) is 12.1 Å². The highest BCUT2D eigenvalue weighted by Crippen LogP contribution is 2.37. The van der Waals surface area contributed by atoms with Crippen LogP contribution in [0.3, 0.4) is 0 Å². The Morgan fingerprint density at radius 1 is 1.22 bits per heavy atom. The van der Waals surface area contributed by atoms with Crippen molar-refractivity contribution < 1.29 is 14.0 Å². The van der Waals surface area contributed by atoms with Crippen molar-refractivity contribution in [2.24, 2.45) is 0 Å². The summed E-state index contributed by atoms with van der Waals surface area (Å²) in [4.78, 5) is 8.26. The Labute approximate surface area is 146 Å². The molecule has 0 aliphatic heterocycles. The zero-order valence-electron chi connectivity index (χ0n) is 18.6. The first-order valence-electron chi connectivity index (χ1n) is 10.4. The van der Waals surface area contributed by atoms with Crippen LogP contribution in [0.1, 0.15) is 14.6 Å². The van der Waals surface area contributed by atoms with Crippen molar-refractivity contribution in [2.75, 3.05) is 0 Å². The molecule has 23 heavy (non-hydrogen) atoms. The van der Waals surface area contributed by atoms with Gasteiger partial charge in [-0.3, -0.25) is 4.98 Å². The first-order chi connectivity index (χ1) is 14.1. The minimum absolute atomic E-state index is 0.0691. The molecule has 5 rings (SSSR count). The molecule has 0 atom stereocenters. The highest BCUT2D eigenvalue weighted by Gasteiger charge is 2.14. The summed E-state index contributed by atoms with van der Waals surface area (Å²) >= 11 is 1.11. The lowest BCUT2D eigenvalue weighted by molar-refractivity contribution is 0.670. The van der Waals surface area contributed by atoms with Crippen LogP contribution < -0.4 is 0 Å². The predicted molar refractivity (Wildman–Crippen MR) is 94.9 cm³/mol. The molecule has 3 nitrogen and oxygen atoms in total. The van der Waals surface area contributed by atoms with Gasteiger partial charge in [0.1, 0.15) is 11.2 Å². The quantitative estimate of drug-likeness (QED) is 0.405. The molecule has 0 bridgehead atoms. The van der Waals surface area contributed by atoms with E-state index in [1.165, 1.54) is 0 Å². The van der Waals surface area contributed by atoms with E-state index in [4.69, 9.17) is 14.0 Å². The second-order valence-electron chi connectivity index (χ2n) is 5.07. The van der Waals surface area contributed by atoms with Crippen molar-refractivity contribution in [3.05, 3.63) is 59.6 Å². The second kappa shape index (κ2) is 4.64. The molecule has 0 unspecified atom stereocenters. The Balaban J connectivity index is 1.80. The van der Waals surface area contributed by atoms with E-state index in [2.05, 4.69) is 9.97 Å². The maximum absolute atomic E-state index is 8.20. The fourth-order valence-electron chi connectivity index (χ4n) is 2.76. The van der Waals surface area contributed by atoms with Crippen LogP contribution in [0.25, 0.3) is 43.4 Å². The largest absolute Gasteiger partial charge is 0.455 e. The second-order valence-corrected chi connectivity index (χ2v) is 6.10. The number of aromatic nitrogens is 2. The molecule has 0 fully saturated rings. The van der Waals surface area contributed by atoms with Gasteiger partial charge in [-0.2, -0.15) is 0 Å². The van der Waals surface area contributed by atoms with E-state index >= 15 is 0 Å². The van der Waals surface area contributed by atoms with Gasteiger partial charge >= 0.3 is 0 Å². The van der Waals surface area contributed by atoms with Crippen molar-refractivity contribution in [3.63, 3.8) is 0 Å². The molecular formula is C19H12N2OS. The van der Waals surface area contributed by atoms with E-state index in [9.17, 15) is 0 Å². The van der Waals surface area contributed by atoms with Crippen molar-refractivity contribution in [2.45, 2.75) is 6.85 Å². The lowest BCUT2D eigenvalue weighted by atomic mass is 10.1.